The van der Waals surface area contributed by atoms with Crippen molar-refractivity contribution < 1.29 is 13.2 Å². The number of nitrogens with one attached hydrogen (secondary N) is 1. The second-order valence-electron chi connectivity index (χ2n) is 3.40. The van der Waals surface area contributed by atoms with Crippen molar-refractivity contribution in [2.45, 2.75) is 0 Å². The van der Waals surface area contributed by atoms with Crippen LogP contribution in [0.5, 0.6) is 0 Å². The maximum atomic E-state index is 11.3. The molecule has 1 aromatic rings. The van der Waals surface area contributed by atoms with Gasteiger partial charge in [-0.2, -0.15) is 0 Å². The van der Waals surface area contributed by atoms with Gasteiger partial charge in [-0.1, -0.05) is 0 Å². The lowest BCUT2D eigenvalue weighted by Crippen LogP contribution is -2.27. The van der Waals surface area contributed by atoms with Crippen molar-refractivity contribution in [3.05, 3.63) is 26.9 Å². The maximum Gasteiger partial charge on any atom is 0.244 e. The van der Waals surface area contributed by atoms with E-state index in [4.69, 9.17) is 0 Å². The van der Waals surface area contributed by atoms with Gasteiger partial charge in [0.2, 0.25) is 5.91 Å². The number of rotatable bonds is 5. The molecule has 17 heavy (non-hydrogen) atoms. The third-order valence-electron chi connectivity index (χ3n) is 1.77. The first-order valence-electron chi connectivity index (χ1n) is 4.76. The van der Waals surface area contributed by atoms with E-state index in [0.29, 0.717) is 0 Å². The highest BCUT2D eigenvalue weighted by molar-refractivity contribution is 9.11. The summed E-state index contributed by atoms with van der Waals surface area (Å²) in [6.07, 6.45) is 4.21. The first-order valence-corrected chi connectivity index (χ1v) is 8.43. The van der Waals surface area contributed by atoms with Crippen LogP contribution >= 0.6 is 27.3 Å². The molecule has 1 N–H and O–H groups in total. The third kappa shape index (κ3) is 6.60. The summed E-state index contributed by atoms with van der Waals surface area (Å²) in [5, 5.41) is 2.50. The van der Waals surface area contributed by atoms with Crippen molar-refractivity contribution in [1.82, 2.24) is 5.32 Å². The second kappa shape index (κ2) is 6.32. The average molecular weight is 338 g/mol. The van der Waals surface area contributed by atoms with Gasteiger partial charge in [-0.3, -0.25) is 4.79 Å². The van der Waals surface area contributed by atoms with E-state index in [1.807, 2.05) is 12.1 Å². The molecule has 94 valence electrons. The van der Waals surface area contributed by atoms with Gasteiger partial charge < -0.3 is 5.32 Å². The van der Waals surface area contributed by atoms with Gasteiger partial charge >= 0.3 is 0 Å². The van der Waals surface area contributed by atoms with Crippen LogP contribution in [-0.2, 0) is 14.6 Å². The molecule has 0 spiro atoms. The van der Waals surface area contributed by atoms with Gasteiger partial charge in [-0.15, -0.1) is 11.3 Å². The molecule has 4 nitrogen and oxygen atoms in total. The fraction of sp³-hybridized carbons (Fsp3) is 0.300. The summed E-state index contributed by atoms with van der Waals surface area (Å²) in [5.74, 6) is -0.338. The molecule has 1 amide bonds. The molecule has 0 saturated carbocycles. The summed E-state index contributed by atoms with van der Waals surface area (Å²) in [6, 6.07) is 3.78. The van der Waals surface area contributed by atoms with Crippen molar-refractivity contribution in [3.63, 3.8) is 0 Å². The largest absolute Gasteiger partial charge is 0.352 e. The minimum absolute atomic E-state index is 0.0445. The van der Waals surface area contributed by atoms with E-state index >= 15 is 0 Å². The number of carbonyl (C=O) groups is 1. The van der Waals surface area contributed by atoms with Gasteiger partial charge in [0, 0.05) is 23.8 Å². The molecule has 0 aliphatic carbocycles. The summed E-state index contributed by atoms with van der Waals surface area (Å²) in [7, 11) is -3.03. The molecular weight excluding hydrogens is 326 g/mol. The quantitative estimate of drug-likeness (QED) is 0.831. The summed E-state index contributed by atoms with van der Waals surface area (Å²) in [6.45, 7) is 0.135. The van der Waals surface area contributed by atoms with Crippen molar-refractivity contribution in [2.24, 2.45) is 0 Å². The van der Waals surface area contributed by atoms with Crippen LogP contribution in [0.15, 0.2) is 22.0 Å². The summed E-state index contributed by atoms with van der Waals surface area (Å²) in [4.78, 5) is 12.3. The Labute approximate surface area is 113 Å². The standard InChI is InChI=1S/C10H12BrNO3S2/c1-17(14,15)7-6-12-10(13)5-3-8-2-4-9(11)16-8/h2-5H,6-7H2,1H3,(H,12,13)/b5-3+. The molecule has 0 saturated heterocycles. The van der Waals surface area contributed by atoms with Crippen molar-refractivity contribution >= 4 is 49.1 Å². The highest BCUT2D eigenvalue weighted by atomic mass is 79.9. The van der Waals surface area contributed by atoms with E-state index in [-0.39, 0.29) is 18.2 Å². The maximum absolute atomic E-state index is 11.3. The SMILES string of the molecule is CS(=O)(=O)CCNC(=O)/C=C/c1ccc(Br)s1. The fourth-order valence-corrected chi connectivity index (χ4v) is 2.79. The molecule has 0 bridgehead atoms. The summed E-state index contributed by atoms with van der Waals surface area (Å²) < 4.78 is 22.6. The molecule has 0 aliphatic rings. The van der Waals surface area contributed by atoms with Crippen LogP contribution in [0.25, 0.3) is 6.08 Å². The zero-order chi connectivity index (χ0) is 12.9. The summed E-state index contributed by atoms with van der Waals surface area (Å²) >= 11 is 4.83. The van der Waals surface area contributed by atoms with E-state index in [1.54, 1.807) is 6.08 Å². The Balaban J connectivity index is 2.37. The van der Waals surface area contributed by atoms with Gasteiger partial charge in [0.1, 0.15) is 9.84 Å². The first-order chi connectivity index (χ1) is 7.87. The lowest BCUT2D eigenvalue weighted by molar-refractivity contribution is -0.116. The molecule has 0 unspecified atom stereocenters. The molecule has 1 heterocycles. The van der Waals surface area contributed by atoms with Crippen molar-refractivity contribution in [3.8, 4) is 0 Å². The lowest BCUT2D eigenvalue weighted by Gasteiger charge is -1.99. The Hall–Kier alpha value is -0.660. The zero-order valence-corrected chi connectivity index (χ0v) is 12.4. The smallest absolute Gasteiger partial charge is 0.244 e. The van der Waals surface area contributed by atoms with Gasteiger partial charge in [0.15, 0.2) is 0 Å². The van der Waals surface area contributed by atoms with Crippen LogP contribution in [0.2, 0.25) is 0 Å². The predicted octanol–water partition coefficient (Wildman–Crippen LogP) is 1.68. The normalized spacial score (nSPS) is 11.9. The lowest BCUT2D eigenvalue weighted by atomic mass is 10.4. The Morgan fingerprint density at radius 3 is 2.76 bits per heavy atom. The Bertz CT molecular complexity index is 519. The molecule has 1 aromatic heterocycles. The predicted molar refractivity (Wildman–Crippen MR) is 73.8 cm³/mol. The fourth-order valence-electron chi connectivity index (χ4n) is 0.994. The monoisotopic (exact) mass is 337 g/mol. The summed E-state index contributed by atoms with van der Waals surface area (Å²) in [5.41, 5.74) is 0. The molecule has 0 atom stereocenters. The molecule has 7 heteroatoms. The van der Waals surface area contributed by atoms with Gasteiger partial charge in [-0.05, 0) is 34.1 Å². The van der Waals surface area contributed by atoms with Crippen molar-refractivity contribution in [2.75, 3.05) is 18.6 Å². The molecule has 1 rings (SSSR count). The minimum atomic E-state index is -3.03. The van der Waals surface area contributed by atoms with E-state index in [2.05, 4.69) is 21.2 Å². The number of thiophene rings is 1. The molecule has 0 radical (unpaired) electrons. The van der Waals surface area contributed by atoms with E-state index in [9.17, 15) is 13.2 Å². The number of carbonyl (C=O) groups excluding carboxylic acids is 1. The number of hydrogen-bond donors (Lipinski definition) is 1. The van der Waals surface area contributed by atoms with Gasteiger partial charge in [0.25, 0.3) is 0 Å². The molecule has 0 fully saturated rings. The van der Waals surface area contributed by atoms with E-state index in [1.165, 1.54) is 17.4 Å². The van der Waals surface area contributed by atoms with Gasteiger partial charge in [0.05, 0.1) is 9.54 Å². The van der Waals surface area contributed by atoms with Crippen LogP contribution < -0.4 is 5.32 Å². The Morgan fingerprint density at radius 1 is 1.53 bits per heavy atom. The average Bonchev–Trinajstić information content (AvgIpc) is 2.59. The molecule has 0 aromatic carbocycles. The van der Waals surface area contributed by atoms with E-state index in [0.717, 1.165) is 14.9 Å². The number of sulfone groups is 1. The Morgan fingerprint density at radius 2 is 2.24 bits per heavy atom. The first kappa shape index (κ1) is 14.4. The minimum Gasteiger partial charge on any atom is -0.352 e. The topological polar surface area (TPSA) is 63.2 Å². The number of amides is 1. The third-order valence-corrected chi connectivity index (χ3v) is 4.30. The second-order valence-corrected chi connectivity index (χ2v) is 8.15. The highest BCUT2D eigenvalue weighted by Crippen LogP contribution is 2.22. The van der Waals surface area contributed by atoms with Crippen LogP contribution in [-0.4, -0.2) is 32.9 Å². The van der Waals surface area contributed by atoms with Crippen LogP contribution in [0.3, 0.4) is 0 Å². The number of halogens is 1. The van der Waals surface area contributed by atoms with Crippen molar-refractivity contribution in [1.29, 1.82) is 0 Å². The van der Waals surface area contributed by atoms with Crippen LogP contribution in [0.1, 0.15) is 4.88 Å². The van der Waals surface area contributed by atoms with Gasteiger partial charge in [-0.25, -0.2) is 8.42 Å². The molecule has 0 aliphatic heterocycles. The van der Waals surface area contributed by atoms with Crippen LogP contribution in [0, 0.1) is 0 Å². The highest BCUT2D eigenvalue weighted by Gasteiger charge is 2.02. The van der Waals surface area contributed by atoms with Crippen LogP contribution in [0.4, 0.5) is 0 Å². The Kier molecular flexibility index (Phi) is 5.35. The number of hydrogen-bond acceptors (Lipinski definition) is 4. The van der Waals surface area contributed by atoms with E-state index < -0.39 is 9.84 Å². The zero-order valence-electron chi connectivity index (χ0n) is 9.14. The molecular formula is C10H12BrNO3S2.